The number of nitrogens with zero attached hydrogens (tertiary/aromatic N) is 3. The molecule has 28 heavy (non-hydrogen) atoms. The molecule has 0 aromatic heterocycles. The van der Waals surface area contributed by atoms with E-state index in [2.05, 4.69) is 4.90 Å². The van der Waals surface area contributed by atoms with Gasteiger partial charge in [-0.25, -0.2) is 4.39 Å². The molecule has 2 aromatic carbocycles. The molecule has 2 heterocycles. The average Bonchev–Trinajstić information content (AvgIpc) is 3.10. The van der Waals surface area contributed by atoms with Crippen LogP contribution in [0.3, 0.4) is 0 Å². The molecule has 1 atom stereocenters. The van der Waals surface area contributed by atoms with Crippen LogP contribution in [0, 0.1) is 18.7 Å². The van der Waals surface area contributed by atoms with Crippen molar-refractivity contribution in [3.63, 3.8) is 0 Å². The van der Waals surface area contributed by atoms with Gasteiger partial charge in [0.05, 0.1) is 5.92 Å². The molecule has 2 aromatic rings. The molecule has 2 aliphatic heterocycles. The zero-order chi connectivity index (χ0) is 19.7. The van der Waals surface area contributed by atoms with Crippen LogP contribution in [0.15, 0.2) is 48.5 Å². The summed E-state index contributed by atoms with van der Waals surface area (Å²) in [7, 11) is 0. The van der Waals surface area contributed by atoms with Crippen molar-refractivity contribution in [2.75, 3.05) is 42.5 Å². The third kappa shape index (κ3) is 3.72. The van der Waals surface area contributed by atoms with E-state index in [0.717, 1.165) is 16.9 Å². The maximum Gasteiger partial charge on any atom is 0.228 e. The van der Waals surface area contributed by atoms with E-state index in [1.807, 2.05) is 36.1 Å². The number of piperazine rings is 1. The second kappa shape index (κ2) is 7.62. The highest BCUT2D eigenvalue weighted by Crippen LogP contribution is 2.27. The number of halogens is 1. The second-order valence-electron chi connectivity index (χ2n) is 7.53. The van der Waals surface area contributed by atoms with Gasteiger partial charge in [-0.2, -0.15) is 0 Å². The number of amides is 2. The van der Waals surface area contributed by atoms with Crippen molar-refractivity contribution in [2.24, 2.45) is 5.92 Å². The largest absolute Gasteiger partial charge is 0.368 e. The standard InChI is InChI=1S/C22H24FN3O2/c1-16-2-6-20(7-3-16)26-15-17(14-21(26)27)22(28)25-12-10-24(11-13-25)19-8-4-18(23)5-9-19/h2-9,17H,10-15H2,1H3/t17-/m0/s1. The normalized spacial score (nSPS) is 20.0. The first-order valence-corrected chi connectivity index (χ1v) is 9.67. The number of aryl methyl sites for hydroxylation is 1. The maximum absolute atomic E-state index is 13.1. The van der Waals surface area contributed by atoms with Gasteiger partial charge in [0.25, 0.3) is 0 Å². The van der Waals surface area contributed by atoms with Crippen molar-refractivity contribution in [1.82, 2.24) is 4.90 Å². The van der Waals surface area contributed by atoms with Crippen molar-refractivity contribution in [3.8, 4) is 0 Å². The highest BCUT2D eigenvalue weighted by Gasteiger charge is 2.37. The van der Waals surface area contributed by atoms with Crippen molar-refractivity contribution < 1.29 is 14.0 Å². The third-order valence-corrected chi connectivity index (χ3v) is 5.60. The van der Waals surface area contributed by atoms with Gasteiger partial charge in [0.2, 0.25) is 11.8 Å². The van der Waals surface area contributed by atoms with E-state index in [0.29, 0.717) is 32.7 Å². The predicted octanol–water partition coefficient (Wildman–Crippen LogP) is 2.84. The van der Waals surface area contributed by atoms with Crippen LogP contribution in [-0.4, -0.2) is 49.4 Å². The summed E-state index contributed by atoms with van der Waals surface area (Å²) in [6, 6.07) is 14.3. The Morgan fingerprint density at radius 3 is 2.18 bits per heavy atom. The van der Waals surface area contributed by atoms with Crippen molar-refractivity contribution in [2.45, 2.75) is 13.3 Å². The average molecular weight is 381 g/mol. The maximum atomic E-state index is 13.1. The van der Waals surface area contributed by atoms with Crippen LogP contribution in [0.5, 0.6) is 0 Å². The van der Waals surface area contributed by atoms with Gasteiger partial charge in [-0.3, -0.25) is 9.59 Å². The van der Waals surface area contributed by atoms with Crippen molar-refractivity contribution in [1.29, 1.82) is 0 Å². The Hall–Kier alpha value is -2.89. The molecular weight excluding hydrogens is 357 g/mol. The highest BCUT2D eigenvalue weighted by molar-refractivity contribution is 6.00. The summed E-state index contributed by atoms with van der Waals surface area (Å²) in [6.07, 6.45) is 0.269. The van der Waals surface area contributed by atoms with Crippen molar-refractivity contribution in [3.05, 3.63) is 59.9 Å². The summed E-state index contributed by atoms with van der Waals surface area (Å²) in [5.41, 5.74) is 2.96. The molecule has 0 bridgehead atoms. The van der Waals surface area contributed by atoms with Gasteiger partial charge >= 0.3 is 0 Å². The quantitative estimate of drug-likeness (QED) is 0.821. The summed E-state index contributed by atoms with van der Waals surface area (Å²) in [4.78, 5) is 31.1. The third-order valence-electron chi connectivity index (χ3n) is 5.60. The first kappa shape index (κ1) is 18.5. The van der Waals surface area contributed by atoms with E-state index in [4.69, 9.17) is 0 Å². The number of carbonyl (C=O) groups excluding carboxylic acids is 2. The summed E-state index contributed by atoms with van der Waals surface area (Å²) in [5, 5.41) is 0. The number of anilines is 2. The fourth-order valence-electron chi connectivity index (χ4n) is 3.94. The summed E-state index contributed by atoms with van der Waals surface area (Å²) in [6.45, 7) is 5.10. The van der Waals surface area contributed by atoms with Crippen LogP contribution in [-0.2, 0) is 9.59 Å². The molecular formula is C22H24FN3O2. The molecule has 0 unspecified atom stereocenters. The van der Waals surface area contributed by atoms with Gasteiger partial charge in [-0.05, 0) is 43.3 Å². The van der Waals surface area contributed by atoms with Gasteiger partial charge in [-0.15, -0.1) is 0 Å². The van der Waals surface area contributed by atoms with E-state index < -0.39 is 0 Å². The van der Waals surface area contributed by atoms with E-state index >= 15 is 0 Å². The van der Waals surface area contributed by atoms with Crippen LogP contribution >= 0.6 is 0 Å². The molecule has 6 heteroatoms. The van der Waals surface area contributed by atoms with Gasteiger partial charge in [0, 0.05) is 50.5 Å². The van der Waals surface area contributed by atoms with Crippen LogP contribution in [0.1, 0.15) is 12.0 Å². The van der Waals surface area contributed by atoms with E-state index in [1.165, 1.54) is 12.1 Å². The fraction of sp³-hybridized carbons (Fsp3) is 0.364. The van der Waals surface area contributed by atoms with Gasteiger partial charge in [0.1, 0.15) is 5.82 Å². The molecule has 146 valence electrons. The lowest BCUT2D eigenvalue weighted by Crippen LogP contribution is -2.50. The smallest absolute Gasteiger partial charge is 0.228 e. The lowest BCUT2D eigenvalue weighted by atomic mass is 10.1. The zero-order valence-corrected chi connectivity index (χ0v) is 16.0. The van der Waals surface area contributed by atoms with Gasteiger partial charge in [0.15, 0.2) is 0 Å². The number of hydrogen-bond acceptors (Lipinski definition) is 3. The Bertz CT molecular complexity index is 858. The number of benzene rings is 2. The molecule has 2 aliphatic rings. The Balaban J connectivity index is 1.36. The van der Waals surface area contributed by atoms with E-state index in [-0.39, 0.29) is 30.0 Å². The van der Waals surface area contributed by atoms with E-state index in [9.17, 15) is 14.0 Å². The molecule has 2 saturated heterocycles. The zero-order valence-electron chi connectivity index (χ0n) is 16.0. The second-order valence-corrected chi connectivity index (χ2v) is 7.53. The Labute approximate surface area is 164 Å². The molecule has 0 N–H and O–H groups in total. The van der Waals surface area contributed by atoms with Gasteiger partial charge < -0.3 is 14.7 Å². The Morgan fingerprint density at radius 2 is 1.54 bits per heavy atom. The molecule has 2 amide bonds. The summed E-state index contributed by atoms with van der Waals surface area (Å²) >= 11 is 0. The molecule has 0 saturated carbocycles. The van der Waals surface area contributed by atoms with Crippen LogP contribution < -0.4 is 9.80 Å². The molecule has 0 spiro atoms. The van der Waals surface area contributed by atoms with Crippen LogP contribution in [0.2, 0.25) is 0 Å². The molecule has 0 radical (unpaired) electrons. The first-order chi connectivity index (χ1) is 13.5. The highest BCUT2D eigenvalue weighted by atomic mass is 19.1. The number of carbonyl (C=O) groups is 2. The summed E-state index contributed by atoms with van der Waals surface area (Å²) in [5.74, 6) is -0.471. The minimum Gasteiger partial charge on any atom is -0.368 e. The predicted molar refractivity (Wildman–Crippen MR) is 107 cm³/mol. The minimum absolute atomic E-state index is 0.00662. The number of rotatable bonds is 3. The molecule has 4 rings (SSSR count). The van der Waals surface area contributed by atoms with Crippen molar-refractivity contribution >= 4 is 23.2 Å². The monoisotopic (exact) mass is 381 g/mol. The lowest BCUT2D eigenvalue weighted by Gasteiger charge is -2.37. The summed E-state index contributed by atoms with van der Waals surface area (Å²) < 4.78 is 13.1. The lowest BCUT2D eigenvalue weighted by molar-refractivity contribution is -0.136. The number of hydrogen-bond donors (Lipinski definition) is 0. The fourth-order valence-corrected chi connectivity index (χ4v) is 3.94. The first-order valence-electron chi connectivity index (χ1n) is 9.67. The van der Waals surface area contributed by atoms with Crippen LogP contribution in [0.25, 0.3) is 0 Å². The Morgan fingerprint density at radius 1 is 0.929 bits per heavy atom. The SMILES string of the molecule is Cc1ccc(N2C[C@@H](C(=O)N3CCN(c4ccc(F)cc4)CC3)CC2=O)cc1. The Kier molecular flexibility index (Phi) is 5.03. The topological polar surface area (TPSA) is 43.9 Å². The molecule has 5 nitrogen and oxygen atoms in total. The van der Waals surface area contributed by atoms with E-state index in [1.54, 1.807) is 17.0 Å². The molecule has 2 fully saturated rings. The minimum atomic E-state index is -0.286. The molecule has 0 aliphatic carbocycles. The van der Waals surface area contributed by atoms with Crippen LogP contribution in [0.4, 0.5) is 15.8 Å². The van der Waals surface area contributed by atoms with Gasteiger partial charge in [-0.1, -0.05) is 17.7 Å².